The van der Waals surface area contributed by atoms with Crippen LogP contribution in [0, 0.1) is 19.7 Å². The Hall–Kier alpha value is -3.02. The molecule has 1 aromatic heterocycles. The molecule has 0 bridgehead atoms. The molecule has 0 saturated carbocycles. The molecule has 0 aliphatic heterocycles. The lowest BCUT2D eigenvalue weighted by atomic mass is 10.1. The standard InChI is InChI=1S/C17H14FN3O2/c1-10-7-11(2)9-14(8-10)19-15(22)17-21-20-16(23-17)12-3-5-13(18)6-4-12/h3-9H,1-2H3,(H,19,22). The molecular formula is C17H14FN3O2. The van der Waals surface area contributed by atoms with Crippen LogP contribution < -0.4 is 5.32 Å². The third kappa shape index (κ3) is 3.42. The van der Waals surface area contributed by atoms with Crippen LogP contribution in [0.4, 0.5) is 10.1 Å². The van der Waals surface area contributed by atoms with Crippen molar-refractivity contribution in [3.8, 4) is 11.5 Å². The van der Waals surface area contributed by atoms with E-state index in [1.807, 2.05) is 32.0 Å². The van der Waals surface area contributed by atoms with Crippen molar-refractivity contribution < 1.29 is 13.6 Å². The van der Waals surface area contributed by atoms with Crippen molar-refractivity contribution in [3.05, 3.63) is 65.3 Å². The topological polar surface area (TPSA) is 68.0 Å². The fraction of sp³-hybridized carbons (Fsp3) is 0.118. The minimum Gasteiger partial charge on any atom is -0.412 e. The van der Waals surface area contributed by atoms with E-state index >= 15 is 0 Å². The van der Waals surface area contributed by atoms with Crippen LogP contribution in [-0.2, 0) is 0 Å². The summed E-state index contributed by atoms with van der Waals surface area (Å²) in [6.07, 6.45) is 0. The third-order valence-corrected chi connectivity index (χ3v) is 3.19. The van der Waals surface area contributed by atoms with Gasteiger partial charge in [0.05, 0.1) is 0 Å². The van der Waals surface area contributed by atoms with Gasteiger partial charge in [-0.1, -0.05) is 6.07 Å². The monoisotopic (exact) mass is 311 g/mol. The second-order valence-electron chi connectivity index (χ2n) is 5.25. The van der Waals surface area contributed by atoms with Gasteiger partial charge in [-0.2, -0.15) is 0 Å². The molecule has 0 aliphatic rings. The Morgan fingerprint density at radius 1 is 1.04 bits per heavy atom. The van der Waals surface area contributed by atoms with Crippen LogP contribution in [0.25, 0.3) is 11.5 Å². The molecule has 0 saturated heterocycles. The fourth-order valence-corrected chi connectivity index (χ4v) is 2.26. The number of nitrogens with zero attached hydrogens (tertiary/aromatic N) is 2. The van der Waals surface area contributed by atoms with E-state index < -0.39 is 5.91 Å². The fourth-order valence-electron chi connectivity index (χ4n) is 2.26. The van der Waals surface area contributed by atoms with E-state index in [0.717, 1.165) is 11.1 Å². The van der Waals surface area contributed by atoms with Gasteiger partial charge in [0.15, 0.2) is 0 Å². The molecule has 0 unspecified atom stereocenters. The summed E-state index contributed by atoms with van der Waals surface area (Å²) in [6.45, 7) is 3.89. The molecule has 6 heteroatoms. The summed E-state index contributed by atoms with van der Waals surface area (Å²) in [5.41, 5.74) is 3.29. The first-order chi connectivity index (χ1) is 11.0. The van der Waals surface area contributed by atoms with E-state index in [1.54, 1.807) is 0 Å². The van der Waals surface area contributed by atoms with Crippen molar-refractivity contribution in [1.82, 2.24) is 10.2 Å². The number of anilines is 1. The Morgan fingerprint density at radius 3 is 2.35 bits per heavy atom. The van der Waals surface area contributed by atoms with Crippen LogP contribution in [0.5, 0.6) is 0 Å². The number of hydrogen-bond acceptors (Lipinski definition) is 4. The number of aromatic nitrogens is 2. The molecule has 116 valence electrons. The van der Waals surface area contributed by atoms with Crippen LogP contribution >= 0.6 is 0 Å². The molecule has 1 N–H and O–H groups in total. The molecule has 3 rings (SSSR count). The predicted octanol–water partition coefficient (Wildman–Crippen LogP) is 3.74. The van der Waals surface area contributed by atoms with Gasteiger partial charge in [0.25, 0.3) is 0 Å². The Morgan fingerprint density at radius 2 is 1.70 bits per heavy atom. The highest BCUT2D eigenvalue weighted by Gasteiger charge is 2.16. The normalized spacial score (nSPS) is 10.6. The molecule has 5 nitrogen and oxygen atoms in total. The van der Waals surface area contributed by atoms with Gasteiger partial charge >= 0.3 is 11.8 Å². The molecule has 0 fully saturated rings. The zero-order valence-electron chi connectivity index (χ0n) is 12.6. The summed E-state index contributed by atoms with van der Waals surface area (Å²) in [5, 5.41) is 10.3. The van der Waals surface area contributed by atoms with Gasteiger partial charge in [-0.25, -0.2) is 4.39 Å². The Kier molecular flexibility index (Phi) is 3.89. The summed E-state index contributed by atoms with van der Waals surface area (Å²) < 4.78 is 18.3. The van der Waals surface area contributed by atoms with Gasteiger partial charge < -0.3 is 9.73 Å². The summed E-state index contributed by atoms with van der Waals surface area (Å²) in [5.74, 6) is -0.837. The van der Waals surface area contributed by atoms with E-state index in [4.69, 9.17) is 4.42 Å². The van der Waals surface area contributed by atoms with Crippen molar-refractivity contribution >= 4 is 11.6 Å². The van der Waals surface area contributed by atoms with E-state index in [2.05, 4.69) is 15.5 Å². The number of rotatable bonds is 3. The third-order valence-electron chi connectivity index (χ3n) is 3.19. The van der Waals surface area contributed by atoms with Crippen LogP contribution in [0.15, 0.2) is 46.9 Å². The first kappa shape index (κ1) is 14.9. The number of amides is 1. The average molecular weight is 311 g/mol. The molecule has 23 heavy (non-hydrogen) atoms. The molecule has 0 aliphatic carbocycles. The van der Waals surface area contributed by atoms with Gasteiger partial charge in [-0.15, -0.1) is 10.2 Å². The number of hydrogen-bond donors (Lipinski definition) is 1. The number of aryl methyl sites for hydroxylation is 2. The number of halogens is 1. The van der Waals surface area contributed by atoms with Crippen molar-refractivity contribution in [2.45, 2.75) is 13.8 Å². The van der Waals surface area contributed by atoms with Gasteiger partial charge in [0.2, 0.25) is 5.89 Å². The van der Waals surface area contributed by atoms with Gasteiger partial charge in [-0.3, -0.25) is 4.79 Å². The second kappa shape index (κ2) is 6.00. The molecule has 1 amide bonds. The van der Waals surface area contributed by atoms with Crippen LogP contribution in [0.3, 0.4) is 0 Å². The summed E-state index contributed by atoms with van der Waals surface area (Å²) >= 11 is 0. The van der Waals surface area contributed by atoms with Crippen LogP contribution in [0.2, 0.25) is 0 Å². The molecule has 2 aromatic carbocycles. The van der Waals surface area contributed by atoms with E-state index in [-0.39, 0.29) is 17.6 Å². The maximum Gasteiger partial charge on any atom is 0.313 e. The number of nitrogens with one attached hydrogen (secondary N) is 1. The number of carbonyl (C=O) groups is 1. The van der Waals surface area contributed by atoms with Gasteiger partial charge in [-0.05, 0) is 61.4 Å². The zero-order valence-corrected chi connectivity index (χ0v) is 12.6. The minimum absolute atomic E-state index is 0.150. The summed E-state index contributed by atoms with van der Waals surface area (Å²) in [7, 11) is 0. The van der Waals surface area contributed by atoms with E-state index in [1.165, 1.54) is 24.3 Å². The van der Waals surface area contributed by atoms with Crippen molar-refractivity contribution in [2.24, 2.45) is 0 Å². The van der Waals surface area contributed by atoms with Gasteiger partial charge in [0.1, 0.15) is 5.82 Å². The van der Waals surface area contributed by atoms with Gasteiger partial charge in [0, 0.05) is 11.3 Å². The highest BCUT2D eigenvalue weighted by Crippen LogP contribution is 2.19. The lowest BCUT2D eigenvalue weighted by Gasteiger charge is -2.05. The highest BCUT2D eigenvalue weighted by molar-refractivity contribution is 6.01. The first-order valence-electron chi connectivity index (χ1n) is 7.00. The molecular weight excluding hydrogens is 297 g/mol. The molecule has 0 atom stereocenters. The zero-order chi connectivity index (χ0) is 16.4. The molecule has 3 aromatic rings. The van der Waals surface area contributed by atoms with E-state index in [0.29, 0.717) is 11.3 Å². The summed E-state index contributed by atoms with van der Waals surface area (Å²) in [6, 6.07) is 11.3. The van der Waals surface area contributed by atoms with Crippen LogP contribution in [-0.4, -0.2) is 16.1 Å². The smallest absolute Gasteiger partial charge is 0.313 e. The van der Waals surface area contributed by atoms with E-state index in [9.17, 15) is 9.18 Å². The number of benzene rings is 2. The predicted molar refractivity (Wildman–Crippen MR) is 83.6 cm³/mol. The SMILES string of the molecule is Cc1cc(C)cc(NC(=O)c2nnc(-c3ccc(F)cc3)o2)c1. The molecule has 0 radical (unpaired) electrons. The minimum atomic E-state index is -0.490. The Labute approximate surface area is 132 Å². The lowest BCUT2D eigenvalue weighted by molar-refractivity contribution is 0.0991. The number of carbonyl (C=O) groups excluding carboxylic acids is 1. The quantitative estimate of drug-likeness (QED) is 0.800. The Bertz CT molecular complexity index is 836. The summed E-state index contributed by atoms with van der Waals surface area (Å²) in [4.78, 5) is 12.2. The molecule has 1 heterocycles. The average Bonchev–Trinajstić information content (AvgIpc) is 2.97. The maximum atomic E-state index is 12.9. The Balaban J connectivity index is 1.79. The highest BCUT2D eigenvalue weighted by atomic mass is 19.1. The molecule has 0 spiro atoms. The maximum absolute atomic E-state index is 12.9. The first-order valence-corrected chi connectivity index (χ1v) is 7.00. The largest absolute Gasteiger partial charge is 0.412 e. The van der Waals surface area contributed by atoms with Crippen molar-refractivity contribution in [2.75, 3.05) is 5.32 Å². The lowest BCUT2D eigenvalue weighted by Crippen LogP contribution is -2.12. The van der Waals surface area contributed by atoms with Crippen LogP contribution in [0.1, 0.15) is 21.8 Å². The van der Waals surface area contributed by atoms with Crippen molar-refractivity contribution in [3.63, 3.8) is 0 Å². The van der Waals surface area contributed by atoms with Crippen molar-refractivity contribution in [1.29, 1.82) is 0 Å². The second-order valence-corrected chi connectivity index (χ2v) is 5.25.